The van der Waals surface area contributed by atoms with Crippen molar-refractivity contribution in [2.24, 2.45) is 0 Å². The maximum absolute atomic E-state index is 11.7. The number of benzene rings is 1. The predicted octanol–water partition coefficient (Wildman–Crippen LogP) is 2.82. The first kappa shape index (κ1) is 15.0. The Kier molecular flexibility index (Phi) is 4.40. The van der Waals surface area contributed by atoms with Gasteiger partial charge in [-0.1, -0.05) is 26.0 Å². The Morgan fingerprint density at radius 3 is 2.00 bits per heavy atom. The molecular formula is C13H21NO3S. The predicted molar refractivity (Wildman–Crippen MR) is 73.0 cm³/mol. The highest BCUT2D eigenvalue weighted by molar-refractivity contribution is 7.85. The van der Waals surface area contributed by atoms with Crippen molar-refractivity contribution in [1.29, 1.82) is 0 Å². The number of nitrogens with one attached hydrogen (secondary N) is 1. The molecule has 102 valence electrons. The molecule has 0 aliphatic heterocycles. The molecule has 1 rings (SSSR count). The van der Waals surface area contributed by atoms with E-state index in [9.17, 15) is 8.42 Å². The van der Waals surface area contributed by atoms with Crippen molar-refractivity contribution >= 4 is 10.3 Å². The second-order valence-corrected chi connectivity index (χ2v) is 6.89. The van der Waals surface area contributed by atoms with Crippen LogP contribution >= 0.6 is 0 Å². The van der Waals surface area contributed by atoms with Crippen LogP contribution in [0.15, 0.2) is 24.3 Å². The SMILES string of the molecule is CC(C)c1ccc(OS(=O)(=O)NC(C)(C)C)cc1. The van der Waals surface area contributed by atoms with Gasteiger partial charge in [-0.25, -0.2) is 0 Å². The molecule has 18 heavy (non-hydrogen) atoms. The van der Waals surface area contributed by atoms with E-state index < -0.39 is 15.8 Å². The molecule has 1 aromatic rings. The lowest BCUT2D eigenvalue weighted by Crippen LogP contribution is -2.42. The molecule has 0 fully saturated rings. The highest BCUT2D eigenvalue weighted by Crippen LogP contribution is 2.19. The molecule has 0 atom stereocenters. The number of hydrogen-bond donors (Lipinski definition) is 1. The lowest BCUT2D eigenvalue weighted by molar-refractivity contribution is 0.428. The molecule has 4 nitrogen and oxygen atoms in total. The summed E-state index contributed by atoms with van der Waals surface area (Å²) in [5, 5.41) is 0. The summed E-state index contributed by atoms with van der Waals surface area (Å²) in [6.45, 7) is 9.43. The molecule has 0 amide bonds. The molecule has 0 saturated heterocycles. The quantitative estimate of drug-likeness (QED) is 0.916. The number of rotatable bonds is 4. The summed E-state index contributed by atoms with van der Waals surface area (Å²) in [6.07, 6.45) is 0. The third-order valence-corrected chi connectivity index (χ3v) is 3.46. The fourth-order valence-electron chi connectivity index (χ4n) is 1.43. The molecule has 0 bridgehead atoms. The van der Waals surface area contributed by atoms with E-state index in [1.807, 2.05) is 12.1 Å². The van der Waals surface area contributed by atoms with Crippen LogP contribution in [0.4, 0.5) is 0 Å². The van der Waals surface area contributed by atoms with Crippen molar-refractivity contribution in [3.63, 3.8) is 0 Å². The summed E-state index contributed by atoms with van der Waals surface area (Å²) in [7, 11) is -3.78. The average molecular weight is 271 g/mol. The minimum Gasteiger partial charge on any atom is -0.371 e. The smallest absolute Gasteiger partial charge is 0.371 e. The second-order valence-electron chi connectivity index (χ2n) is 5.61. The van der Waals surface area contributed by atoms with E-state index in [4.69, 9.17) is 4.18 Å². The lowest BCUT2D eigenvalue weighted by Gasteiger charge is -2.20. The minimum atomic E-state index is -3.78. The molecule has 0 saturated carbocycles. The molecule has 1 aromatic carbocycles. The van der Waals surface area contributed by atoms with Crippen LogP contribution in [0.5, 0.6) is 5.75 Å². The van der Waals surface area contributed by atoms with Gasteiger partial charge in [-0.3, -0.25) is 0 Å². The Labute approximate surface area is 110 Å². The van der Waals surface area contributed by atoms with Crippen molar-refractivity contribution in [3.8, 4) is 5.75 Å². The molecule has 5 heteroatoms. The van der Waals surface area contributed by atoms with Crippen LogP contribution in [0.3, 0.4) is 0 Å². The number of hydrogen-bond acceptors (Lipinski definition) is 3. The molecule has 0 aliphatic carbocycles. The van der Waals surface area contributed by atoms with Gasteiger partial charge in [-0.2, -0.15) is 13.1 Å². The highest BCUT2D eigenvalue weighted by Gasteiger charge is 2.21. The molecule has 0 heterocycles. The van der Waals surface area contributed by atoms with Gasteiger partial charge in [0.05, 0.1) is 0 Å². The fourth-order valence-corrected chi connectivity index (χ4v) is 2.59. The van der Waals surface area contributed by atoms with Crippen molar-refractivity contribution in [3.05, 3.63) is 29.8 Å². The maximum atomic E-state index is 11.7. The van der Waals surface area contributed by atoms with Gasteiger partial charge in [0.25, 0.3) is 0 Å². The van der Waals surface area contributed by atoms with Crippen LogP contribution in [0.1, 0.15) is 46.1 Å². The van der Waals surface area contributed by atoms with Crippen LogP contribution in [-0.4, -0.2) is 14.0 Å². The summed E-state index contributed by atoms with van der Waals surface area (Å²) in [5.74, 6) is 0.722. The van der Waals surface area contributed by atoms with Gasteiger partial charge in [0.15, 0.2) is 0 Å². The van der Waals surface area contributed by atoms with Crippen LogP contribution in [0.25, 0.3) is 0 Å². The van der Waals surface area contributed by atoms with Crippen molar-refractivity contribution in [2.75, 3.05) is 0 Å². The average Bonchev–Trinajstić information content (AvgIpc) is 2.13. The van der Waals surface area contributed by atoms with E-state index >= 15 is 0 Å². The van der Waals surface area contributed by atoms with Gasteiger partial charge in [0, 0.05) is 5.54 Å². The van der Waals surface area contributed by atoms with Crippen molar-refractivity contribution in [2.45, 2.75) is 46.1 Å². The van der Waals surface area contributed by atoms with Crippen LogP contribution < -0.4 is 8.91 Å². The third-order valence-electron chi connectivity index (χ3n) is 2.18. The van der Waals surface area contributed by atoms with Crippen LogP contribution in [-0.2, 0) is 10.3 Å². The van der Waals surface area contributed by atoms with E-state index in [1.165, 1.54) is 0 Å². The molecule has 0 aliphatic rings. The first-order valence-electron chi connectivity index (χ1n) is 5.92. The van der Waals surface area contributed by atoms with Gasteiger partial charge in [0.2, 0.25) is 0 Å². The van der Waals surface area contributed by atoms with Crippen molar-refractivity contribution < 1.29 is 12.6 Å². The molecule has 0 radical (unpaired) electrons. The van der Waals surface area contributed by atoms with Gasteiger partial charge in [0.1, 0.15) is 5.75 Å². The van der Waals surface area contributed by atoms with Gasteiger partial charge < -0.3 is 4.18 Å². The van der Waals surface area contributed by atoms with E-state index in [0.29, 0.717) is 11.7 Å². The zero-order valence-corrected chi connectivity index (χ0v) is 12.3. The van der Waals surface area contributed by atoms with Gasteiger partial charge >= 0.3 is 10.3 Å². The standard InChI is InChI=1S/C13H21NO3S/c1-10(2)11-6-8-12(9-7-11)17-18(15,16)14-13(3,4)5/h6-10,14H,1-5H3. The third kappa shape index (κ3) is 5.06. The Morgan fingerprint density at radius 2 is 1.61 bits per heavy atom. The zero-order chi connectivity index (χ0) is 14.0. The zero-order valence-electron chi connectivity index (χ0n) is 11.5. The summed E-state index contributed by atoms with van der Waals surface area (Å²) >= 11 is 0. The Balaban J connectivity index is 2.79. The topological polar surface area (TPSA) is 55.4 Å². The summed E-state index contributed by atoms with van der Waals surface area (Å²) in [5.41, 5.74) is 0.583. The molecule has 0 unspecified atom stereocenters. The summed E-state index contributed by atoms with van der Waals surface area (Å²) in [6, 6.07) is 7.06. The highest BCUT2D eigenvalue weighted by atomic mass is 32.2. The maximum Gasteiger partial charge on any atom is 0.383 e. The first-order valence-corrected chi connectivity index (χ1v) is 7.33. The van der Waals surface area contributed by atoms with E-state index in [0.717, 1.165) is 5.56 Å². The molecular weight excluding hydrogens is 250 g/mol. The van der Waals surface area contributed by atoms with Gasteiger partial charge in [-0.05, 0) is 44.4 Å². The molecule has 0 aromatic heterocycles. The van der Waals surface area contributed by atoms with E-state index in [2.05, 4.69) is 18.6 Å². The Bertz CT molecular complexity index is 484. The van der Waals surface area contributed by atoms with Crippen LogP contribution in [0.2, 0.25) is 0 Å². The largest absolute Gasteiger partial charge is 0.383 e. The summed E-state index contributed by atoms with van der Waals surface area (Å²) < 4.78 is 30.8. The Hall–Kier alpha value is -1.07. The first-order chi connectivity index (χ1) is 8.09. The fraction of sp³-hybridized carbons (Fsp3) is 0.538. The van der Waals surface area contributed by atoms with Crippen molar-refractivity contribution in [1.82, 2.24) is 4.72 Å². The van der Waals surface area contributed by atoms with E-state index in [-0.39, 0.29) is 0 Å². The molecule has 0 spiro atoms. The molecule has 1 N–H and O–H groups in total. The van der Waals surface area contributed by atoms with Gasteiger partial charge in [-0.15, -0.1) is 0 Å². The normalized spacial score (nSPS) is 12.8. The minimum absolute atomic E-state index is 0.316. The second kappa shape index (κ2) is 5.28. The summed E-state index contributed by atoms with van der Waals surface area (Å²) in [4.78, 5) is 0. The Morgan fingerprint density at radius 1 is 1.11 bits per heavy atom. The van der Waals surface area contributed by atoms with E-state index in [1.54, 1.807) is 32.9 Å². The lowest BCUT2D eigenvalue weighted by atomic mass is 10.0. The van der Waals surface area contributed by atoms with Crippen LogP contribution in [0, 0.1) is 0 Å². The monoisotopic (exact) mass is 271 g/mol.